The topological polar surface area (TPSA) is 89.7 Å². The van der Waals surface area contributed by atoms with E-state index in [1.165, 1.54) is 11.8 Å². The standard InChI is InChI=1S/C14H24N2O4S/c1-14(2,3)20-13(19)10-5-4-7-16(10)12(18)6-8-21-9-11(15)17/h10H,4-9H2,1-3H3,(H2,15,17)/t10-/m0/s1. The smallest absolute Gasteiger partial charge is 0.329 e. The fourth-order valence-corrected chi connectivity index (χ4v) is 2.82. The molecule has 0 aromatic rings. The average Bonchev–Trinajstić information content (AvgIpc) is 2.81. The van der Waals surface area contributed by atoms with Gasteiger partial charge in [-0.3, -0.25) is 9.59 Å². The Hall–Kier alpha value is -1.24. The van der Waals surface area contributed by atoms with Crippen molar-refractivity contribution in [3.05, 3.63) is 0 Å². The Morgan fingerprint density at radius 3 is 2.57 bits per heavy atom. The molecule has 1 saturated heterocycles. The Bertz CT molecular complexity index is 406. The molecule has 0 unspecified atom stereocenters. The second kappa shape index (κ2) is 7.68. The molecule has 1 fully saturated rings. The molecule has 1 atom stereocenters. The lowest BCUT2D eigenvalue weighted by atomic mass is 10.1. The summed E-state index contributed by atoms with van der Waals surface area (Å²) in [6, 6.07) is -0.474. The molecule has 1 aliphatic heterocycles. The average molecular weight is 316 g/mol. The summed E-state index contributed by atoms with van der Waals surface area (Å²) in [7, 11) is 0. The molecule has 0 bridgehead atoms. The van der Waals surface area contributed by atoms with Gasteiger partial charge < -0.3 is 15.4 Å². The highest BCUT2D eigenvalue weighted by atomic mass is 32.2. The van der Waals surface area contributed by atoms with Crippen LogP contribution < -0.4 is 5.73 Å². The fraction of sp³-hybridized carbons (Fsp3) is 0.786. The number of esters is 1. The second-order valence-corrected chi connectivity index (χ2v) is 7.15. The quantitative estimate of drug-likeness (QED) is 0.581. The summed E-state index contributed by atoms with van der Waals surface area (Å²) in [5.74, 6) is -0.0547. The number of hydrogen-bond acceptors (Lipinski definition) is 5. The van der Waals surface area contributed by atoms with E-state index in [1.54, 1.807) is 4.90 Å². The molecule has 0 aromatic carbocycles. The molecule has 120 valence electrons. The molecule has 21 heavy (non-hydrogen) atoms. The highest BCUT2D eigenvalue weighted by Crippen LogP contribution is 2.22. The fourth-order valence-electron chi connectivity index (χ4n) is 2.16. The lowest BCUT2D eigenvalue weighted by molar-refractivity contribution is -0.163. The number of thioether (sulfide) groups is 1. The molecule has 0 spiro atoms. The number of hydrogen-bond donors (Lipinski definition) is 1. The van der Waals surface area contributed by atoms with Gasteiger partial charge in [-0.1, -0.05) is 0 Å². The Kier molecular flexibility index (Phi) is 6.51. The molecule has 1 rings (SSSR count). The van der Waals surface area contributed by atoms with Gasteiger partial charge in [-0.15, -0.1) is 0 Å². The van der Waals surface area contributed by atoms with Crippen LogP contribution in [-0.4, -0.2) is 52.4 Å². The van der Waals surface area contributed by atoms with Gasteiger partial charge in [0.15, 0.2) is 0 Å². The van der Waals surface area contributed by atoms with Crippen LogP contribution in [0.25, 0.3) is 0 Å². The summed E-state index contributed by atoms with van der Waals surface area (Å²) >= 11 is 1.33. The van der Waals surface area contributed by atoms with E-state index >= 15 is 0 Å². The molecule has 0 saturated carbocycles. The third kappa shape index (κ3) is 6.37. The predicted octanol–water partition coefficient (Wildman–Crippen LogP) is 0.928. The van der Waals surface area contributed by atoms with Crippen molar-refractivity contribution in [2.45, 2.75) is 51.7 Å². The molecule has 2 N–H and O–H groups in total. The van der Waals surface area contributed by atoms with Crippen LogP contribution in [0.4, 0.5) is 0 Å². The zero-order valence-electron chi connectivity index (χ0n) is 12.9. The third-order valence-corrected chi connectivity index (χ3v) is 3.94. The zero-order chi connectivity index (χ0) is 16.0. The van der Waals surface area contributed by atoms with Crippen LogP contribution >= 0.6 is 11.8 Å². The molecule has 1 heterocycles. The summed E-state index contributed by atoms with van der Waals surface area (Å²) in [4.78, 5) is 36.5. The normalized spacial score (nSPS) is 18.6. The Morgan fingerprint density at radius 1 is 1.33 bits per heavy atom. The number of primary amides is 1. The first kappa shape index (κ1) is 17.8. The van der Waals surface area contributed by atoms with E-state index in [-0.39, 0.29) is 23.5 Å². The summed E-state index contributed by atoms with van der Waals surface area (Å²) in [5.41, 5.74) is 4.49. The number of amides is 2. The van der Waals surface area contributed by atoms with Crippen LogP contribution in [0.2, 0.25) is 0 Å². The summed E-state index contributed by atoms with van der Waals surface area (Å²) < 4.78 is 5.36. The lowest BCUT2D eigenvalue weighted by Crippen LogP contribution is -2.43. The van der Waals surface area contributed by atoms with Crippen molar-refractivity contribution in [2.24, 2.45) is 5.73 Å². The molecule has 0 aromatic heterocycles. The minimum atomic E-state index is -0.550. The number of carbonyl (C=O) groups is 3. The second-order valence-electron chi connectivity index (χ2n) is 6.05. The van der Waals surface area contributed by atoms with Crippen LogP contribution in [-0.2, 0) is 19.1 Å². The van der Waals surface area contributed by atoms with Crippen LogP contribution in [0.15, 0.2) is 0 Å². The molecular formula is C14H24N2O4S. The molecule has 7 heteroatoms. The van der Waals surface area contributed by atoms with E-state index in [1.807, 2.05) is 20.8 Å². The van der Waals surface area contributed by atoms with Gasteiger partial charge in [-0.25, -0.2) is 4.79 Å². The van der Waals surface area contributed by atoms with Gasteiger partial charge in [-0.05, 0) is 33.6 Å². The molecule has 0 radical (unpaired) electrons. The number of carbonyl (C=O) groups excluding carboxylic acids is 3. The maximum absolute atomic E-state index is 12.2. The monoisotopic (exact) mass is 316 g/mol. The van der Waals surface area contributed by atoms with Crippen LogP contribution in [0.5, 0.6) is 0 Å². The van der Waals surface area contributed by atoms with Gasteiger partial charge in [0, 0.05) is 18.7 Å². The van der Waals surface area contributed by atoms with Crippen molar-refractivity contribution in [1.82, 2.24) is 4.90 Å². The van der Waals surface area contributed by atoms with Crippen molar-refractivity contribution in [2.75, 3.05) is 18.1 Å². The minimum absolute atomic E-state index is 0.0691. The van der Waals surface area contributed by atoms with Crippen LogP contribution in [0.3, 0.4) is 0 Å². The van der Waals surface area contributed by atoms with Crippen molar-refractivity contribution in [3.63, 3.8) is 0 Å². The number of ether oxygens (including phenoxy) is 1. The summed E-state index contributed by atoms with van der Waals surface area (Å²) in [6.45, 7) is 6.02. The lowest BCUT2D eigenvalue weighted by Gasteiger charge is -2.27. The van der Waals surface area contributed by atoms with Gasteiger partial charge in [0.2, 0.25) is 11.8 Å². The van der Waals surface area contributed by atoms with Gasteiger partial charge in [-0.2, -0.15) is 11.8 Å². The SMILES string of the molecule is CC(C)(C)OC(=O)[C@@H]1CCCN1C(=O)CCSCC(N)=O. The summed E-state index contributed by atoms with van der Waals surface area (Å²) in [5, 5.41) is 0. The molecule has 0 aliphatic carbocycles. The van der Waals surface area contributed by atoms with Crippen molar-refractivity contribution < 1.29 is 19.1 Å². The molecule has 1 aliphatic rings. The van der Waals surface area contributed by atoms with Gasteiger partial charge in [0.1, 0.15) is 11.6 Å². The first-order valence-corrected chi connectivity index (χ1v) is 8.24. The van der Waals surface area contributed by atoms with E-state index in [9.17, 15) is 14.4 Å². The highest BCUT2D eigenvalue weighted by molar-refractivity contribution is 7.99. The predicted molar refractivity (Wildman–Crippen MR) is 81.7 cm³/mol. The first-order valence-electron chi connectivity index (χ1n) is 7.09. The largest absolute Gasteiger partial charge is 0.458 e. The van der Waals surface area contributed by atoms with Crippen molar-refractivity contribution in [3.8, 4) is 0 Å². The zero-order valence-corrected chi connectivity index (χ0v) is 13.7. The van der Waals surface area contributed by atoms with E-state index in [4.69, 9.17) is 10.5 Å². The van der Waals surface area contributed by atoms with E-state index in [0.717, 1.165) is 6.42 Å². The van der Waals surface area contributed by atoms with Gasteiger partial charge in [0.25, 0.3) is 0 Å². The van der Waals surface area contributed by atoms with E-state index in [2.05, 4.69) is 0 Å². The number of likely N-dealkylation sites (tertiary alicyclic amines) is 1. The number of nitrogens with two attached hydrogens (primary N) is 1. The summed E-state index contributed by atoms with van der Waals surface area (Å²) in [6.07, 6.45) is 1.76. The van der Waals surface area contributed by atoms with E-state index in [0.29, 0.717) is 25.1 Å². The Morgan fingerprint density at radius 2 is 2.00 bits per heavy atom. The Labute approximate surface area is 129 Å². The number of rotatable bonds is 6. The van der Waals surface area contributed by atoms with Crippen molar-refractivity contribution in [1.29, 1.82) is 0 Å². The van der Waals surface area contributed by atoms with E-state index < -0.39 is 11.6 Å². The van der Waals surface area contributed by atoms with Crippen LogP contribution in [0, 0.1) is 0 Å². The maximum Gasteiger partial charge on any atom is 0.329 e. The van der Waals surface area contributed by atoms with Gasteiger partial charge in [0.05, 0.1) is 5.75 Å². The first-order chi connectivity index (χ1) is 9.70. The molecule has 6 nitrogen and oxygen atoms in total. The number of nitrogens with zero attached hydrogens (tertiary/aromatic N) is 1. The third-order valence-electron chi connectivity index (χ3n) is 2.96. The van der Waals surface area contributed by atoms with Crippen LogP contribution in [0.1, 0.15) is 40.0 Å². The highest BCUT2D eigenvalue weighted by Gasteiger charge is 2.36. The maximum atomic E-state index is 12.2. The molecular weight excluding hydrogens is 292 g/mol. The molecule has 2 amide bonds. The minimum Gasteiger partial charge on any atom is -0.458 e. The van der Waals surface area contributed by atoms with Crippen molar-refractivity contribution >= 4 is 29.5 Å². The Balaban J connectivity index is 2.46. The van der Waals surface area contributed by atoms with Gasteiger partial charge >= 0.3 is 5.97 Å².